The third kappa shape index (κ3) is 4.80. The number of hydroxylamine groups is 1. The van der Waals surface area contributed by atoms with Crippen LogP contribution >= 0.6 is 11.6 Å². The third-order valence-corrected chi connectivity index (χ3v) is 8.38. The van der Waals surface area contributed by atoms with Crippen molar-refractivity contribution in [1.82, 2.24) is 20.4 Å². The van der Waals surface area contributed by atoms with Crippen LogP contribution in [0.1, 0.15) is 25.3 Å². The van der Waals surface area contributed by atoms with E-state index in [9.17, 15) is 13.2 Å². The summed E-state index contributed by atoms with van der Waals surface area (Å²) < 4.78 is 27.8. The van der Waals surface area contributed by atoms with Gasteiger partial charge in [-0.3, -0.25) is 10.0 Å². The zero-order valence-electron chi connectivity index (χ0n) is 18.5. The van der Waals surface area contributed by atoms with Gasteiger partial charge in [0.15, 0.2) is 5.96 Å². The number of sulfonamides is 1. The molecule has 0 aliphatic carbocycles. The Bertz CT molecular complexity index is 1210. The second-order valence-electron chi connectivity index (χ2n) is 8.27. The van der Waals surface area contributed by atoms with Crippen molar-refractivity contribution in [2.75, 3.05) is 13.1 Å². The van der Waals surface area contributed by atoms with Gasteiger partial charge in [-0.25, -0.2) is 18.9 Å². The van der Waals surface area contributed by atoms with Gasteiger partial charge in [0.25, 0.3) is 5.91 Å². The van der Waals surface area contributed by atoms with Crippen molar-refractivity contribution in [3.8, 4) is 0 Å². The van der Waals surface area contributed by atoms with E-state index in [-0.39, 0.29) is 4.90 Å². The molecule has 1 atom stereocenters. The largest absolute Gasteiger partial charge is 0.346 e. The number of hydrogen-bond acceptors (Lipinski definition) is 7. The van der Waals surface area contributed by atoms with Crippen LogP contribution in [-0.4, -0.2) is 48.9 Å². The summed E-state index contributed by atoms with van der Waals surface area (Å²) in [5.74, 6) is -0.152. The van der Waals surface area contributed by atoms with Crippen molar-refractivity contribution in [2.45, 2.75) is 36.2 Å². The van der Waals surface area contributed by atoms with Crippen molar-refractivity contribution < 1.29 is 18.4 Å². The van der Waals surface area contributed by atoms with Crippen LogP contribution in [0.3, 0.4) is 0 Å². The molecule has 1 fully saturated rings. The van der Waals surface area contributed by atoms with Crippen molar-refractivity contribution >= 4 is 33.5 Å². The standard InChI is InChI=1S/C23H26ClN5O4S/c1-16-20(21(30)28-31)15-25-22(26-16)27-23(17-5-3-2-4-6-17)11-13-29(14-12-23)34(32,33)19-9-7-18(24)8-10-19/h2-10,15-16,31H,11-14H2,1H3,(H,28,30)(H2,25,26,27). The van der Waals surface area contributed by atoms with E-state index in [0.29, 0.717) is 42.5 Å². The number of hydrogen-bond donors (Lipinski definition) is 4. The highest BCUT2D eigenvalue weighted by Gasteiger charge is 2.41. The first-order chi connectivity index (χ1) is 16.2. The first-order valence-electron chi connectivity index (χ1n) is 10.8. The second kappa shape index (κ2) is 9.75. The molecular weight excluding hydrogens is 478 g/mol. The van der Waals surface area contributed by atoms with Gasteiger partial charge in [-0.15, -0.1) is 0 Å². The van der Waals surface area contributed by atoms with Gasteiger partial charge in [-0.1, -0.05) is 41.9 Å². The van der Waals surface area contributed by atoms with Gasteiger partial charge in [-0.05, 0) is 49.6 Å². The van der Waals surface area contributed by atoms with E-state index in [4.69, 9.17) is 16.8 Å². The Morgan fingerprint density at radius 1 is 1.15 bits per heavy atom. The van der Waals surface area contributed by atoms with Gasteiger partial charge >= 0.3 is 0 Å². The third-order valence-electron chi connectivity index (χ3n) is 6.21. The summed E-state index contributed by atoms with van der Waals surface area (Å²) in [6, 6.07) is 15.5. The predicted molar refractivity (Wildman–Crippen MR) is 129 cm³/mol. The van der Waals surface area contributed by atoms with Gasteiger partial charge in [0.05, 0.1) is 22.0 Å². The van der Waals surface area contributed by atoms with Crippen LogP contribution in [0.4, 0.5) is 0 Å². The van der Waals surface area contributed by atoms with E-state index in [1.807, 2.05) is 30.3 Å². The van der Waals surface area contributed by atoms with E-state index in [2.05, 4.69) is 15.6 Å². The maximum absolute atomic E-state index is 13.2. The maximum atomic E-state index is 13.2. The Morgan fingerprint density at radius 2 is 1.79 bits per heavy atom. The predicted octanol–water partition coefficient (Wildman–Crippen LogP) is 2.35. The number of rotatable bonds is 5. The summed E-state index contributed by atoms with van der Waals surface area (Å²) >= 11 is 5.92. The Kier molecular flexibility index (Phi) is 6.94. The molecule has 34 heavy (non-hydrogen) atoms. The zero-order valence-corrected chi connectivity index (χ0v) is 20.1. The highest BCUT2D eigenvalue weighted by Crippen LogP contribution is 2.35. The normalized spacial score (nSPS) is 20.5. The Hall–Kier alpha value is -2.92. The molecule has 2 aliphatic heterocycles. The molecule has 1 saturated heterocycles. The molecule has 0 spiro atoms. The lowest BCUT2D eigenvalue weighted by Crippen LogP contribution is -2.57. The molecule has 0 aromatic heterocycles. The molecule has 0 bridgehead atoms. The highest BCUT2D eigenvalue weighted by atomic mass is 35.5. The Balaban J connectivity index is 1.56. The van der Waals surface area contributed by atoms with Crippen molar-refractivity contribution in [2.24, 2.45) is 4.99 Å². The van der Waals surface area contributed by atoms with E-state index in [0.717, 1.165) is 5.56 Å². The summed E-state index contributed by atoms with van der Waals surface area (Å²) in [5, 5.41) is 15.9. The molecule has 2 aromatic rings. The number of piperidine rings is 1. The lowest BCUT2D eigenvalue weighted by molar-refractivity contribution is -0.125. The SMILES string of the molecule is CC1N=C(NC2(c3ccccc3)CCN(S(=O)(=O)c3ccc(Cl)cc3)CC2)NC=C1C(=O)NO. The molecule has 11 heteroatoms. The number of nitrogens with zero attached hydrogens (tertiary/aromatic N) is 2. The fourth-order valence-electron chi connectivity index (χ4n) is 4.29. The van der Waals surface area contributed by atoms with Crippen molar-refractivity contribution in [3.63, 3.8) is 0 Å². The molecule has 0 radical (unpaired) electrons. The van der Waals surface area contributed by atoms with Crippen LogP contribution in [0.15, 0.2) is 76.3 Å². The minimum atomic E-state index is -3.65. The van der Waals surface area contributed by atoms with Crippen molar-refractivity contribution in [3.05, 3.63) is 77.0 Å². The number of amides is 1. The molecule has 2 heterocycles. The molecule has 1 amide bonds. The fourth-order valence-corrected chi connectivity index (χ4v) is 5.86. The van der Waals surface area contributed by atoms with Crippen LogP contribution in [0.5, 0.6) is 0 Å². The van der Waals surface area contributed by atoms with Crippen LogP contribution in [0.2, 0.25) is 5.02 Å². The summed E-state index contributed by atoms with van der Waals surface area (Å²) in [6.07, 6.45) is 2.52. The average Bonchev–Trinajstić information content (AvgIpc) is 2.85. The molecule has 180 valence electrons. The highest BCUT2D eigenvalue weighted by molar-refractivity contribution is 7.89. The van der Waals surface area contributed by atoms with Crippen LogP contribution in [-0.2, 0) is 20.4 Å². The number of carbonyl (C=O) groups excluding carboxylic acids is 1. The first-order valence-corrected chi connectivity index (χ1v) is 12.7. The number of aliphatic imine (C=N–C) groups is 1. The molecule has 9 nitrogen and oxygen atoms in total. The monoisotopic (exact) mass is 503 g/mol. The summed E-state index contributed by atoms with van der Waals surface area (Å²) in [6.45, 7) is 2.37. The van der Waals surface area contributed by atoms with Gasteiger partial charge in [0.1, 0.15) is 0 Å². The summed E-state index contributed by atoms with van der Waals surface area (Å²) in [4.78, 5) is 16.5. The number of benzene rings is 2. The zero-order chi connectivity index (χ0) is 24.3. The molecule has 1 unspecified atom stereocenters. The maximum Gasteiger partial charge on any atom is 0.274 e. The molecule has 2 aliphatic rings. The quantitative estimate of drug-likeness (QED) is 0.367. The smallest absolute Gasteiger partial charge is 0.274 e. The molecule has 2 aromatic carbocycles. The number of guanidine groups is 1. The lowest BCUT2D eigenvalue weighted by Gasteiger charge is -2.43. The minimum absolute atomic E-state index is 0.212. The topological polar surface area (TPSA) is 123 Å². The van der Waals surface area contributed by atoms with E-state index in [1.54, 1.807) is 24.5 Å². The van der Waals surface area contributed by atoms with Crippen LogP contribution in [0, 0.1) is 0 Å². The first kappa shape index (κ1) is 24.2. The Labute approximate surface area is 203 Å². The van der Waals surface area contributed by atoms with Gasteiger partial charge in [-0.2, -0.15) is 4.31 Å². The van der Waals surface area contributed by atoms with E-state index >= 15 is 0 Å². The second-order valence-corrected chi connectivity index (χ2v) is 10.6. The fraction of sp³-hybridized carbons (Fsp3) is 0.304. The molecule has 0 saturated carbocycles. The van der Waals surface area contributed by atoms with Gasteiger partial charge in [0.2, 0.25) is 10.0 Å². The van der Waals surface area contributed by atoms with E-state index < -0.39 is 27.5 Å². The molecular formula is C23H26ClN5O4S. The molecule has 4 N–H and O–H groups in total. The minimum Gasteiger partial charge on any atom is -0.346 e. The lowest BCUT2D eigenvalue weighted by atomic mass is 9.81. The summed E-state index contributed by atoms with van der Waals surface area (Å²) in [7, 11) is -3.65. The van der Waals surface area contributed by atoms with Crippen molar-refractivity contribution in [1.29, 1.82) is 0 Å². The number of carbonyl (C=O) groups is 1. The Morgan fingerprint density at radius 3 is 2.38 bits per heavy atom. The molecule has 4 rings (SSSR count). The number of halogens is 1. The van der Waals surface area contributed by atoms with Gasteiger partial charge < -0.3 is 10.6 Å². The number of nitrogens with one attached hydrogen (secondary N) is 3. The van der Waals surface area contributed by atoms with Gasteiger partial charge in [0, 0.05) is 24.3 Å². The van der Waals surface area contributed by atoms with E-state index in [1.165, 1.54) is 22.6 Å². The average molecular weight is 504 g/mol. The van der Waals surface area contributed by atoms with Crippen LogP contribution in [0.25, 0.3) is 0 Å². The summed E-state index contributed by atoms with van der Waals surface area (Å²) in [5.41, 5.74) is 2.37. The van der Waals surface area contributed by atoms with Crippen LogP contribution < -0.4 is 16.1 Å².